The van der Waals surface area contributed by atoms with Crippen molar-refractivity contribution in [3.05, 3.63) is 0 Å². The van der Waals surface area contributed by atoms with Crippen molar-refractivity contribution in [1.29, 1.82) is 0 Å². The molecule has 3 atom stereocenters. The van der Waals surface area contributed by atoms with Gasteiger partial charge in [-0.05, 0) is 0 Å². The fourth-order valence-corrected chi connectivity index (χ4v) is 1.40. The molecule has 0 fully saturated rings. The zero-order valence-electron chi connectivity index (χ0n) is 9.52. The first-order chi connectivity index (χ1) is 8.57. The minimum Gasteiger partial charge on any atom is -0.481 e. The number of carboxylic acids is 3. The molecule has 0 aliphatic heterocycles. The Morgan fingerprint density at radius 2 is 1.58 bits per heavy atom. The zero-order chi connectivity index (χ0) is 15.4. The molecule has 10 nitrogen and oxygen atoms in total. The van der Waals surface area contributed by atoms with Crippen LogP contribution in [-0.4, -0.2) is 67.5 Å². The number of hydrogen-bond acceptors (Lipinski definition) is 7. The molecule has 0 amide bonds. The molecule has 0 aromatic rings. The predicted octanol–water partition coefficient (Wildman–Crippen LogP) is -3.13. The van der Waals surface area contributed by atoms with E-state index in [2.05, 4.69) is 0 Å². The van der Waals surface area contributed by atoms with Gasteiger partial charge in [-0.2, -0.15) is 0 Å². The fraction of sp³-hybridized carbons (Fsp3) is 0.556. The highest BCUT2D eigenvalue weighted by Gasteiger charge is 2.54. The molecular weight excluding hydrogens is 266 g/mol. The molecule has 2 unspecified atom stereocenters. The van der Waals surface area contributed by atoms with Gasteiger partial charge in [0.25, 0.3) is 0 Å². The lowest BCUT2D eigenvalue weighted by molar-refractivity contribution is -0.181. The third-order valence-corrected chi connectivity index (χ3v) is 2.36. The van der Waals surface area contributed by atoms with Gasteiger partial charge in [-0.3, -0.25) is 14.4 Å². The lowest BCUT2D eigenvalue weighted by atomic mass is 9.79. The van der Waals surface area contributed by atoms with Crippen molar-refractivity contribution in [2.75, 3.05) is 6.61 Å². The van der Waals surface area contributed by atoms with Crippen LogP contribution in [0.5, 0.6) is 0 Å². The number of aliphatic carboxylic acids is 3. The van der Waals surface area contributed by atoms with Gasteiger partial charge in [0.05, 0.1) is 19.1 Å². The second kappa shape index (κ2) is 6.22. The quantitative estimate of drug-likeness (QED) is 0.247. The van der Waals surface area contributed by atoms with E-state index < -0.39 is 54.3 Å². The molecule has 0 aromatic heterocycles. The summed E-state index contributed by atoms with van der Waals surface area (Å²) < 4.78 is 0. The van der Waals surface area contributed by atoms with Gasteiger partial charge in [-0.15, -0.1) is 0 Å². The van der Waals surface area contributed by atoms with Gasteiger partial charge >= 0.3 is 17.9 Å². The summed E-state index contributed by atoms with van der Waals surface area (Å²) in [5, 5.41) is 44.4. The van der Waals surface area contributed by atoms with E-state index in [1.54, 1.807) is 0 Å². The van der Waals surface area contributed by atoms with Gasteiger partial charge in [0, 0.05) is 0 Å². The standard InChI is InChI=1S/C9H13NO9/c10-3(2-11)6(14)5(7(15)16)9(19,8(17)18)1-4(12)13/h3,5,11,19H,1-2,10H2,(H,12,13)(H,15,16)(H,17,18)/t3-,5?,9?/m0/s1. The maximum absolute atomic E-state index is 11.6. The molecule has 19 heavy (non-hydrogen) atoms. The number of nitrogens with two attached hydrogens (primary N) is 1. The van der Waals surface area contributed by atoms with Gasteiger partial charge < -0.3 is 31.3 Å². The second-order valence-corrected chi connectivity index (χ2v) is 3.76. The van der Waals surface area contributed by atoms with Crippen molar-refractivity contribution in [2.24, 2.45) is 11.7 Å². The summed E-state index contributed by atoms with van der Waals surface area (Å²) >= 11 is 0. The van der Waals surface area contributed by atoms with Gasteiger partial charge in [0.15, 0.2) is 17.3 Å². The first kappa shape index (κ1) is 17.0. The molecule has 0 aromatic carbocycles. The molecular formula is C9H13NO9. The Kier molecular flexibility index (Phi) is 5.55. The van der Waals surface area contributed by atoms with Crippen molar-refractivity contribution >= 4 is 23.7 Å². The van der Waals surface area contributed by atoms with Crippen molar-refractivity contribution < 1.29 is 44.7 Å². The Labute approximate surface area is 106 Å². The molecule has 0 rings (SSSR count). The Morgan fingerprint density at radius 1 is 1.11 bits per heavy atom. The Balaban J connectivity index is 5.67. The van der Waals surface area contributed by atoms with Crippen LogP contribution in [0, 0.1) is 5.92 Å². The van der Waals surface area contributed by atoms with Crippen LogP contribution < -0.4 is 5.73 Å². The molecule has 108 valence electrons. The monoisotopic (exact) mass is 279 g/mol. The lowest BCUT2D eigenvalue weighted by Gasteiger charge is -2.28. The number of carboxylic acid groups (broad SMARTS) is 3. The molecule has 7 N–H and O–H groups in total. The molecule has 0 heterocycles. The van der Waals surface area contributed by atoms with Crippen LogP contribution in [0.15, 0.2) is 0 Å². The van der Waals surface area contributed by atoms with Crippen molar-refractivity contribution in [3.63, 3.8) is 0 Å². The maximum Gasteiger partial charge on any atom is 0.337 e. The van der Waals surface area contributed by atoms with Gasteiger partial charge in [0.2, 0.25) is 0 Å². The molecule has 0 aliphatic carbocycles. The number of aliphatic hydroxyl groups is 2. The van der Waals surface area contributed by atoms with Gasteiger partial charge in [0.1, 0.15) is 0 Å². The Morgan fingerprint density at radius 3 is 1.84 bits per heavy atom. The summed E-state index contributed by atoms with van der Waals surface area (Å²) in [4.78, 5) is 43.9. The van der Waals surface area contributed by atoms with E-state index in [0.29, 0.717) is 0 Å². The molecule has 0 spiro atoms. The normalized spacial score (nSPS) is 17.0. The van der Waals surface area contributed by atoms with Crippen molar-refractivity contribution in [1.82, 2.24) is 0 Å². The highest BCUT2D eigenvalue weighted by Crippen LogP contribution is 2.25. The summed E-state index contributed by atoms with van der Waals surface area (Å²) in [6.07, 6.45) is -1.51. The first-order valence-corrected chi connectivity index (χ1v) is 4.88. The summed E-state index contributed by atoms with van der Waals surface area (Å²) in [5.74, 6) is -10.2. The van der Waals surface area contributed by atoms with Gasteiger partial charge in [-0.25, -0.2) is 4.79 Å². The van der Waals surface area contributed by atoms with Crippen LogP contribution in [0.2, 0.25) is 0 Å². The van der Waals surface area contributed by atoms with Crippen LogP contribution in [0.3, 0.4) is 0 Å². The smallest absolute Gasteiger partial charge is 0.337 e. The number of rotatable bonds is 8. The average Bonchev–Trinajstić information content (AvgIpc) is 2.25. The Hall–Kier alpha value is -2.04. The van der Waals surface area contributed by atoms with Crippen molar-refractivity contribution in [3.8, 4) is 0 Å². The van der Waals surface area contributed by atoms with Crippen LogP contribution in [0.25, 0.3) is 0 Å². The summed E-state index contributed by atoms with van der Waals surface area (Å²) in [5.41, 5.74) is 1.71. The SMILES string of the molecule is N[C@@H](CO)C(=O)C(C(=O)O)C(O)(CC(=O)O)C(=O)O. The van der Waals surface area contributed by atoms with Crippen LogP contribution in [0.1, 0.15) is 6.42 Å². The lowest BCUT2D eigenvalue weighted by Crippen LogP contribution is -2.57. The number of ketones is 1. The molecule has 0 aliphatic rings. The molecule has 0 bridgehead atoms. The highest BCUT2D eigenvalue weighted by atomic mass is 16.4. The van der Waals surface area contributed by atoms with Crippen LogP contribution in [-0.2, 0) is 19.2 Å². The zero-order valence-corrected chi connectivity index (χ0v) is 9.52. The number of hydrogen-bond donors (Lipinski definition) is 6. The number of carbonyl (C=O) groups excluding carboxylic acids is 1. The summed E-state index contributed by atoms with van der Waals surface area (Å²) in [7, 11) is 0. The van der Waals surface area contributed by atoms with Crippen LogP contribution >= 0.6 is 0 Å². The number of carbonyl (C=O) groups is 4. The van der Waals surface area contributed by atoms with E-state index in [1.807, 2.05) is 0 Å². The second-order valence-electron chi connectivity index (χ2n) is 3.76. The van der Waals surface area contributed by atoms with Crippen molar-refractivity contribution in [2.45, 2.75) is 18.1 Å². The number of aliphatic hydroxyl groups excluding tert-OH is 1. The fourth-order valence-electron chi connectivity index (χ4n) is 1.40. The molecule has 10 heteroatoms. The van der Waals surface area contributed by atoms with E-state index in [4.69, 9.17) is 26.2 Å². The van der Waals surface area contributed by atoms with E-state index in [9.17, 15) is 24.3 Å². The largest absolute Gasteiger partial charge is 0.481 e. The average molecular weight is 279 g/mol. The topological polar surface area (TPSA) is 195 Å². The minimum absolute atomic E-state index is 0.981. The summed E-state index contributed by atoms with van der Waals surface area (Å²) in [6.45, 7) is -0.981. The van der Waals surface area contributed by atoms with Crippen LogP contribution in [0.4, 0.5) is 0 Å². The summed E-state index contributed by atoms with van der Waals surface area (Å²) in [6, 6.07) is -1.75. The third kappa shape index (κ3) is 3.71. The molecule has 0 saturated carbocycles. The third-order valence-electron chi connectivity index (χ3n) is 2.36. The predicted molar refractivity (Wildman–Crippen MR) is 56.0 cm³/mol. The Bertz CT molecular complexity index is 406. The number of Topliss-reactive ketones (excluding diaryl/α,β-unsaturated/α-hetero) is 1. The van der Waals surface area contributed by atoms with E-state index >= 15 is 0 Å². The van der Waals surface area contributed by atoms with E-state index in [1.165, 1.54) is 0 Å². The molecule has 0 radical (unpaired) electrons. The van der Waals surface area contributed by atoms with E-state index in [-0.39, 0.29) is 0 Å². The highest BCUT2D eigenvalue weighted by molar-refractivity contribution is 6.07. The van der Waals surface area contributed by atoms with Gasteiger partial charge in [-0.1, -0.05) is 0 Å². The maximum atomic E-state index is 11.6. The first-order valence-electron chi connectivity index (χ1n) is 4.88. The minimum atomic E-state index is -3.36. The van der Waals surface area contributed by atoms with E-state index in [0.717, 1.165) is 0 Å². The molecule has 0 saturated heterocycles.